The first kappa shape index (κ1) is 12.1. The highest BCUT2D eigenvalue weighted by Gasteiger charge is 2.04. The van der Waals surface area contributed by atoms with Gasteiger partial charge < -0.3 is 5.11 Å². The zero-order valence-corrected chi connectivity index (χ0v) is 10.3. The minimum Gasteiger partial charge on any atom is -0.478 e. The van der Waals surface area contributed by atoms with Crippen molar-refractivity contribution >= 4 is 12.0 Å². The van der Waals surface area contributed by atoms with E-state index >= 15 is 0 Å². The average molecular weight is 242 g/mol. The van der Waals surface area contributed by atoms with Crippen molar-refractivity contribution in [3.63, 3.8) is 0 Å². The lowest BCUT2D eigenvalue weighted by atomic mass is 10.1. The lowest BCUT2D eigenvalue weighted by Gasteiger charge is -2.07. The molecule has 0 aliphatic carbocycles. The van der Waals surface area contributed by atoms with Crippen molar-refractivity contribution in [2.45, 2.75) is 13.8 Å². The first-order valence-corrected chi connectivity index (χ1v) is 5.59. The second kappa shape index (κ2) is 4.87. The Morgan fingerprint density at radius 1 is 1.33 bits per heavy atom. The first-order chi connectivity index (χ1) is 8.56. The molecule has 0 saturated heterocycles. The second-order valence-corrected chi connectivity index (χ2v) is 4.20. The maximum Gasteiger partial charge on any atom is 0.328 e. The number of aliphatic carboxylic acids is 1. The summed E-state index contributed by atoms with van der Waals surface area (Å²) in [6.45, 7) is 3.93. The van der Waals surface area contributed by atoms with Gasteiger partial charge in [0.1, 0.15) is 0 Å². The number of benzene rings is 1. The highest BCUT2D eigenvalue weighted by molar-refractivity contribution is 5.86. The summed E-state index contributed by atoms with van der Waals surface area (Å²) in [6, 6.07) is 5.85. The van der Waals surface area contributed by atoms with Crippen molar-refractivity contribution in [1.29, 1.82) is 0 Å². The van der Waals surface area contributed by atoms with E-state index < -0.39 is 5.97 Å². The van der Waals surface area contributed by atoms with Crippen LogP contribution < -0.4 is 0 Å². The molecule has 4 nitrogen and oxygen atoms in total. The van der Waals surface area contributed by atoms with E-state index in [9.17, 15) is 4.79 Å². The van der Waals surface area contributed by atoms with Gasteiger partial charge in [-0.15, -0.1) is 0 Å². The van der Waals surface area contributed by atoms with E-state index in [-0.39, 0.29) is 0 Å². The van der Waals surface area contributed by atoms with Crippen LogP contribution in [-0.4, -0.2) is 20.9 Å². The molecule has 0 spiro atoms. The van der Waals surface area contributed by atoms with Gasteiger partial charge in [0.15, 0.2) is 0 Å². The van der Waals surface area contributed by atoms with Gasteiger partial charge in [0.05, 0.1) is 11.9 Å². The van der Waals surface area contributed by atoms with E-state index in [1.54, 1.807) is 17.0 Å². The Hall–Kier alpha value is -2.36. The molecule has 0 amide bonds. The zero-order valence-electron chi connectivity index (χ0n) is 10.3. The number of carboxylic acid groups (broad SMARTS) is 1. The topological polar surface area (TPSA) is 55.1 Å². The summed E-state index contributed by atoms with van der Waals surface area (Å²) < 4.78 is 1.75. The summed E-state index contributed by atoms with van der Waals surface area (Å²) in [4.78, 5) is 10.6. The van der Waals surface area contributed by atoms with Gasteiger partial charge in [-0.2, -0.15) is 5.10 Å². The highest BCUT2D eigenvalue weighted by atomic mass is 16.4. The molecule has 1 aromatic carbocycles. The number of hydrogen-bond acceptors (Lipinski definition) is 2. The Bertz CT molecular complexity index is 612. The molecule has 0 atom stereocenters. The van der Waals surface area contributed by atoms with Crippen LogP contribution in [0.15, 0.2) is 36.7 Å². The molecule has 1 aromatic heterocycles. The monoisotopic (exact) mass is 242 g/mol. The van der Waals surface area contributed by atoms with Crippen LogP contribution in [0.5, 0.6) is 0 Å². The van der Waals surface area contributed by atoms with Crippen LogP contribution in [0.2, 0.25) is 0 Å². The molecule has 18 heavy (non-hydrogen) atoms. The first-order valence-electron chi connectivity index (χ1n) is 5.59. The highest BCUT2D eigenvalue weighted by Crippen LogP contribution is 2.18. The molecule has 0 radical (unpaired) electrons. The molecule has 0 aliphatic heterocycles. The molecular formula is C14H14N2O2. The summed E-state index contributed by atoms with van der Waals surface area (Å²) in [7, 11) is 0. The summed E-state index contributed by atoms with van der Waals surface area (Å²) in [5.74, 6) is -0.959. The smallest absolute Gasteiger partial charge is 0.328 e. The number of carbonyl (C=O) groups is 1. The molecule has 0 bridgehead atoms. The van der Waals surface area contributed by atoms with Crippen LogP contribution in [0.1, 0.15) is 16.7 Å². The van der Waals surface area contributed by atoms with Crippen molar-refractivity contribution in [3.05, 3.63) is 53.4 Å². The van der Waals surface area contributed by atoms with E-state index in [1.165, 1.54) is 0 Å². The van der Waals surface area contributed by atoms with Crippen molar-refractivity contribution < 1.29 is 9.90 Å². The molecule has 0 aliphatic rings. The molecule has 1 N–H and O–H groups in total. The number of nitrogens with zero attached hydrogens (tertiary/aromatic N) is 2. The van der Waals surface area contributed by atoms with E-state index in [2.05, 4.69) is 5.10 Å². The number of aryl methyl sites for hydroxylation is 2. The van der Waals surface area contributed by atoms with Crippen LogP contribution >= 0.6 is 0 Å². The minimum absolute atomic E-state index is 0.834. The fourth-order valence-corrected chi connectivity index (χ4v) is 1.72. The predicted molar refractivity (Wildman–Crippen MR) is 69.7 cm³/mol. The van der Waals surface area contributed by atoms with E-state index in [0.29, 0.717) is 0 Å². The van der Waals surface area contributed by atoms with Gasteiger partial charge in [-0.1, -0.05) is 11.6 Å². The Morgan fingerprint density at radius 3 is 2.72 bits per heavy atom. The molecule has 0 unspecified atom stereocenters. The van der Waals surface area contributed by atoms with Crippen molar-refractivity contribution in [3.8, 4) is 5.69 Å². The third kappa shape index (κ3) is 2.66. The molecule has 4 heteroatoms. The lowest BCUT2D eigenvalue weighted by Crippen LogP contribution is -1.98. The van der Waals surface area contributed by atoms with E-state index in [4.69, 9.17) is 5.11 Å². The predicted octanol–water partition coefficient (Wildman–Crippen LogP) is 2.59. The maximum absolute atomic E-state index is 10.6. The SMILES string of the molecule is Cc1ccc(-n2cc(C)cn2)c(/C=C/C(=O)O)c1. The summed E-state index contributed by atoms with van der Waals surface area (Å²) in [5.41, 5.74) is 3.84. The Morgan fingerprint density at radius 2 is 2.11 bits per heavy atom. The lowest BCUT2D eigenvalue weighted by molar-refractivity contribution is -0.131. The summed E-state index contributed by atoms with van der Waals surface area (Å²) in [5, 5.41) is 12.9. The fraction of sp³-hybridized carbons (Fsp3) is 0.143. The molecule has 0 saturated carbocycles. The number of hydrogen-bond donors (Lipinski definition) is 1. The van der Waals surface area contributed by atoms with Gasteiger partial charge in [0.2, 0.25) is 0 Å². The van der Waals surface area contributed by atoms with Crippen LogP contribution in [0.25, 0.3) is 11.8 Å². The van der Waals surface area contributed by atoms with Gasteiger partial charge in [0.25, 0.3) is 0 Å². The molecule has 2 aromatic rings. The molecule has 1 heterocycles. The largest absolute Gasteiger partial charge is 0.478 e. The Kier molecular flexibility index (Phi) is 3.28. The van der Waals surface area contributed by atoms with Gasteiger partial charge in [0, 0.05) is 17.8 Å². The quantitative estimate of drug-likeness (QED) is 0.842. The molecule has 2 rings (SSSR count). The van der Waals surface area contributed by atoms with Crippen molar-refractivity contribution in [2.24, 2.45) is 0 Å². The van der Waals surface area contributed by atoms with Gasteiger partial charge in [-0.05, 0) is 37.6 Å². The minimum atomic E-state index is -0.959. The third-order valence-corrected chi connectivity index (χ3v) is 2.55. The van der Waals surface area contributed by atoms with Gasteiger partial charge in [-0.25, -0.2) is 9.48 Å². The van der Waals surface area contributed by atoms with Crippen molar-refractivity contribution in [2.75, 3.05) is 0 Å². The normalized spacial score (nSPS) is 11.0. The Balaban J connectivity index is 2.50. The Labute approximate surface area is 105 Å². The zero-order chi connectivity index (χ0) is 13.1. The van der Waals surface area contributed by atoms with Crippen LogP contribution in [0.3, 0.4) is 0 Å². The van der Waals surface area contributed by atoms with Crippen LogP contribution in [0, 0.1) is 13.8 Å². The standard InChI is InChI=1S/C14H14N2O2/c1-10-3-5-13(16-9-11(2)8-15-16)12(7-10)4-6-14(17)18/h3-9H,1-2H3,(H,17,18)/b6-4+. The van der Waals surface area contributed by atoms with Crippen LogP contribution in [0.4, 0.5) is 0 Å². The number of rotatable bonds is 3. The van der Waals surface area contributed by atoms with Crippen LogP contribution in [-0.2, 0) is 4.79 Å². The summed E-state index contributed by atoms with van der Waals surface area (Å²) >= 11 is 0. The maximum atomic E-state index is 10.6. The van der Waals surface area contributed by atoms with Gasteiger partial charge >= 0.3 is 5.97 Å². The summed E-state index contributed by atoms with van der Waals surface area (Å²) in [6.07, 6.45) is 6.39. The van der Waals surface area contributed by atoms with Gasteiger partial charge in [-0.3, -0.25) is 0 Å². The third-order valence-electron chi connectivity index (χ3n) is 2.55. The van der Waals surface area contributed by atoms with Crippen molar-refractivity contribution in [1.82, 2.24) is 9.78 Å². The van der Waals surface area contributed by atoms with E-state index in [0.717, 1.165) is 28.5 Å². The number of aromatic nitrogens is 2. The van der Waals surface area contributed by atoms with E-state index in [1.807, 2.05) is 38.2 Å². The fourth-order valence-electron chi connectivity index (χ4n) is 1.72. The molecule has 92 valence electrons. The average Bonchev–Trinajstić information content (AvgIpc) is 2.73. The molecular weight excluding hydrogens is 228 g/mol. The second-order valence-electron chi connectivity index (χ2n) is 4.20. The molecule has 0 fully saturated rings. The number of carboxylic acids is 1.